The highest BCUT2D eigenvalue weighted by molar-refractivity contribution is 9.10. The normalized spacial score (nSPS) is 10.5. The minimum absolute atomic E-state index is 0.175. The summed E-state index contributed by atoms with van der Waals surface area (Å²) in [5.41, 5.74) is 7.68. The molecular weight excluding hydrogens is 328 g/mol. The van der Waals surface area contributed by atoms with Gasteiger partial charge in [0.2, 0.25) is 0 Å². The molecule has 0 spiro atoms. The number of nitrogens with one attached hydrogen (secondary N) is 1. The van der Waals surface area contributed by atoms with Crippen LogP contribution in [0.25, 0.3) is 10.8 Å². The Balaban J connectivity index is 1.94. The van der Waals surface area contributed by atoms with Gasteiger partial charge in [-0.2, -0.15) is 0 Å². The Morgan fingerprint density at radius 1 is 1.00 bits per heavy atom. The Morgan fingerprint density at radius 2 is 1.76 bits per heavy atom. The van der Waals surface area contributed by atoms with Gasteiger partial charge in [-0.05, 0) is 45.6 Å². The molecule has 0 radical (unpaired) electrons. The maximum Gasteiger partial charge on any atom is 0.255 e. The van der Waals surface area contributed by atoms with Crippen molar-refractivity contribution in [1.29, 1.82) is 0 Å². The highest BCUT2D eigenvalue weighted by Gasteiger charge is 2.09. The summed E-state index contributed by atoms with van der Waals surface area (Å²) >= 11 is 3.32. The van der Waals surface area contributed by atoms with Crippen LogP contribution in [0.1, 0.15) is 10.4 Å². The standard InChI is InChI=1S/C17H13BrN2O/c18-14-9-8-12(10-15(14)19)17(21)20-16-7-3-5-11-4-1-2-6-13(11)16/h1-10H,19H2,(H,20,21). The lowest BCUT2D eigenvalue weighted by molar-refractivity contribution is 0.102. The molecular formula is C17H13BrN2O. The largest absolute Gasteiger partial charge is 0.398 e. The molecule has 3 aromatic carbocycles. The third-order valence-corrected chi connectivity index (χ3v) is 4.02. The summed E-state index contributed by atoms with van der Waals surface area (Å²) in [5, 5.41) is 5.04. The monoisotopic (exact) mass is 340 g/mol. The molecule has 21 heavy (non-hydrogen) atoms. The molecule has 0 aliphatic rings. The first-order valence-corrected chi connectivity index (χ1v) is 7.28. The summed E-state index contributed by atoms with van der Waals surface area (Å²) in [6.07, 6.45) is 0. The van der Waals surface area contributed by atoms with Crippen molar-refractivity contribution in [3.05, 3.63) is 70.7 Å². The molecule has 104 valence electrons. The summed E-state index contributed by atoms with van der Waals surface area (Å²) in [7, 11) is 0. The number of benzene rings is 3. The Hall–Kier alpha value is -2.33. The van der Waals surface area contributed by atoms with E-state index in [1.165, 1.54) is 0 Å². The van der Waals surface area contributed by atoms with E-state index in [9.17, 15) is 4.79 Å². The van der Waals surface area contributed by atoms with Gasteiger partial charge in [0, 0.05) is 26.8 Å². The minimum Gasteiger partial charge on any atom is -0.398 e. The van der Waals surface area contributed by atoms with E-state index < -0.39 is 0 Å². The van der Waals surface area contributed by atoms with E-state index in [-0.39, 0.29) is 5.91 Å². The van der Waals surface area contributed by atoms with Crippen molar-refractivity contribution in [1.82, 2.24) is 0 Å². The van der Waals surface area contributed by atoms with Gasteiger partial charge in [0.1, 0.15) is 0 Å². The van der Waals surface area contributed by atoms with E-state index in [4.69, 9.17) is 5.73 Å². The van der Waals surface area contributed by atoms with Crippen LogP contribution in [-0.4, -0.2) is 5.91 Å². The lowest BCUT2D eigenvalue weighted by atomic mass is 10.1. The second-order valence-electron chi connectivity index (χ2n) is 4.72. The van der Waals surface area contributed by atoms with Gasteiger partial charge in [-0.15, -0.1) is 0 Å². The Labute approximate surface area is 130 Å². The van der Waals surface area contributed by atoms with Gasteiger partial charge >= 0.3 is 0 Å². The van der Waals surface area contributed by atoms with E-state index in [2.05, 4.69) is 21.2 Å². The van der Waals surface area contributed by atoms with Gasteiger partial charge in [-0.25, -0.2) is 0 Å². The molecule has 0 atom stereocenters. The average Bonchev–Trinajstić information content (AvgIpc) is 2.50. The summed E-state index contributed by atoms with van der Waals surface area (Å²) in [6.45, 7) is 0. The van der Waals surface area contributed by atoms with Crippen LogP contribution in [-0.2, 0) is 0 Å². The number of carbonyl (C=O) groups excluding carboxylic acids is 1. The topological polar surface area (TPSA) is 55.1 Å². The van der Waals surface area contributed by atoms with Crippen LogP contribution in [0.15, 0.2) is 65.1 Å². The molecule has 0 unspecified atom stereocenters. The summed E-state index contributed by atoms with van der Waals surface area (Å²) in [5.74, 6) is -0.175. The number of hydrogen-bond acceptors (Lipinski definition) is 2. The van der Waals surface area contributed by atoms with Gasteiger partial charge in [0.05, 0.1) is 0 Å². The summed E-state index contributed by atoms with van der Waals surface area (Å²) < 4.78 is 0.782. The minimum atomic E-state index is -0.175. The van der Waals surface area contributed by atoms with Crippen molar-refractivity contribution in [2.45, 2.75) is 0 Å². The summed E-state index contributed by atoms with van der Waals surface area (Å²) in [4.78, 5) is 12.3. The van der Waals surface area contributed by atoms with Gasteiger partial charge in [-0.1, -0.05) is 36.4 Å². The zero-order valence-corrected chi connectivity index (χ0v) is 12.7. The molecule has 1 amide bonds. The predicted molar refractivity (Wildman–Crippen MR) is 90.5 cm³/mol. The number of carbonyl (C=O) groups is 1. The second-order valence-corrected chi connectivity index (χ2v) is 5.57. The Morgan fingerprint density at radius 3 is 2.57 bits per heavy atom. The average molecular weight is 341 g/mol. The summed E-state index contributed by atoms with van der Waals surface area (Å²) in [6, 6.07) is 18.9. The molecule has 3 rings (SSSR count). The lowest BCUT2D eigenvalue weighted by Crippen LogP contribution is -2.12. The molecule has 3 nitrogen and oxygen atoms in total. The highest BCUT2D eigenvalue weighted by atomic mass is 79.9. The van der Waals surface area contributed by atoms with Crippen LogP contribution in [0.4, 0.5) is 11.4 Å². The van der Waals surface area contributed by atoms with Crippen molar-refractivity contribution in [2.75, 3.05) is 11.1 Å². The van der Waals surface area contributed by atoms with Crippen LogP contribution in [0.5, 0.6) is 0 Å². The van der Waals surface area contributed by atoms with Crippen LogP contribution in [0.2, 0.25) is 0 Å². The first-order chi connectivity index (χ1) is 10.1. The molecule has 0 aromatic heterocycles. The maximum absolute atomic E-state index is 12.3. The third kappa shape index (κ3) is 2.76. The van der Waals surface area contributed by atoms with Gasteiger partial charge in [0.25, 0.3) is 5.91 Å². The number of hydrogen-bond donors (Lipinski definition) is 2. The number of fused-ring (bicyclic) bond motifs is 1. The molecule has 0 saturated heterocycles. The molecule has 0 saturated carbocycles. The fourth-order valence-corrected chi connectivity index (χ4v) is 2.46. The highest BCUT2D eigenvalue weighted by Crippen LogP contribution is 2.25. The Kier molecular flexibility index (Phi) is 3.62. The SMILES string of the molecule is Nc1cc(C(=O)Nc2cccc3ccccc23)ccc1Br. The van der Waals surface area contributed by atoms with E-state index in [1.807, 2.05) is 42.5 Å². The number of rotatable bonds is 2. The van der Waals surface area contributed by atoms with Crippen LogP contribution in [0.3, 0.4) is 0 Å². The molecule has 0 bridgehead atoms. The molecule has 3 aromatic rings. The smallest absolute Gasteiger partial charge is 0.255 e. The van der Waals surface area contributed by atoms with Gasteiger partial charge < -0.3 is 11.1 Å². The van der Waals surface area contributed by atoms with Crippen molar-refractivity contribution in [2.24, 2.45) is 0 Å². The number of anilines is 2. The lowest BCUT2D eigenvalue weighted by Gasteiger charge is -2.09. The molecule has 0 aliphatic heterocycles. The van der Waals surface area contributed by atoms with Crippen molar-refractivity contribution in [3.8, 4) is 0 Å². The van der Waals surface area contributed by atoms with Crippen LogP contribution in [0, 0.1) is 0 Å². The molecule has 4 heteroatoms. The van der Waals surface area contributed by atoms with E-state index in [0.717, 1.165) is 20.9 Å². The van der Waals surface area contributed by atoms with Crippen molar-refractivity contribution >= 4 is 44.0 Å². The maximum atomic E-state index is 12.3. The fraction of sp³-hybridized carbons (Fsp3) is 0. The quantitative estimate of drug-likeness (QED) is 0.677. The number of nitrogens with two attached hydrogens (primary N) is 1. The predicted octanol–water partition coefficient (Wildman–Crippen LogP) is 4.44. The third-order valence-electron chi connectivity index (χ3n) is 3.30. The van der Waals surface area contributed by atoms with Crippen molar-refractivity contribution < 1.29 is 4.79 Å². The zero-order chi connectivity index (χ0) is 14.8. The van der Waals surface area contributed by atoms with E-state index in [0.29, 0.717) is 11.3 Å². The van der Waals surface area contributed by atoms with Gasteiger partial charge in [-0.3, -0.25) is 4.79 Å². The number of halogens is 1. The molecule has 0 aliphatic carbocycles. The fourth-order valence-electron chi connectivity index (χ4n) is 2.21. The first kappa shape index (κ1) is 13.6. The molecule has 0 fully saturated rings. The van der Waals surface area contributed by atoms with Crippen molar-refractivity contribution in [3.63, 3.8) is 0 Å². The molecule has 0 heterocycles. The van der Waals surface area contributed by atoms with Crippen LogP contribution < -0.4 is 11.1 Å². The van der Waals surface area contributed by atoms with E-state index in [1.54, 1.807) is 18.2 Å². The Bertz CT molecular complexity index is 825. The molecule has 3 N–H and O–H groups in total. The second kappa shape index (κ2) is 5.58. The van der Waals surface area contributed by atoms with E-state index >= 15 is 0 Å². The zero-order valence-electron chi connectivity index (χ0n) is 11.1. The first-order valence-electron chi connectivity index (χ1n) is 6.49. The van der Waals surface area contributed by atoms with Gasteiger partial charge in [0.15, 0.2) is 0 Å². The number of amides is 1. The van der Waals surface area contributed by atoms with Crippen LogP contribution >= 0.6 is 15.9 Å². The number of nitrogen functional groups attached to an aromatic ring is 1.